The van der Waals surface area contributed by atoms with E-state index in [1.165, 1.54) is 33.5 Å². The quantitative estimate of drug-likeness (QED) is 0.898. The van der Waals surface area contributed by atoms with Gasteiger partial charge >= 0.3 is 0 Å². The first-order valence-electron chi connectivity index (χ1n) is 6.68. The highest BCUT2D eigenvalue weighted by Gasteiger charge is 2.17. The zero-order valence-electron chi connectivity index (χ0n) is 12.8. The minimum Gasteiger partial charge on any atom is -0.334 e. The van der Waals surface area contributed by atoms with Gasteiger partial charge in [-0.15, -0.1) is 0 Å². The van der Waals surface area contributed by atoms with Crippen molar-refractivity contribution in [2.45, 2.75) is 41.2 Å². The van der Waals surface area contributed by atoms with E-state index >= 15 is 0 Å². The molecular weight excluding hydrogens is 234 g/mol. The lowest BCUT2D eigenvalue weighted by atomic mass is 9.92. The molecule has 0 aliphatic carbocycles. The fourth-order valence-corrected chi connectivity index (χ4v) is 2.63. The van der Waals surface area contributed by atoms with Gasteiger partial charge in [-0.3, -0.25) is 0 Å². The zero-order chi connectivity index (χ0) is 14.3. The van der Waals surface area contributed by atoms with E-state index < -0.39 is 0 Å². The Bertz CT molecular complexity index is 610. The number of rotatable bonds is 2. The van der Waals surface area contributed by atoms with E-state index in [4.69, 9.17) is 10.7 Å². The summed E-state index contributed by atoms with van der Waals surface area (Å²) < 4.78 is 2.09. The second-order valence-corrected chi connectivity index (χ2v) is 5.36. The van der Waals surface area contributed by atoms with E-state index in [0.717, 1.165) is 11.5 Å². The van der Waals surface area contributed by atoms with Gasteiger partial charge in [0.25, 0.3) is 0 Å². The Morgan fingerprint density at radius 3 is 2.00 bits per heavy atom. The van der Waals surface area contributed by atoms with Gasteiger partial charge in [0.05, 0.1) is 12.2 Å². The molecule has 0 amide bonds. The van der Waals surface area contributed by atoms with Crippen LogP contribution in [-0.4, -0.2) is 9.55 Å². The van der Waals surface area contributed by atoms with E-state index in [2.05, 4.69) is 45.3 Å². The van der Waals surface area contributed by atoms with Gasteiger partial charge in [-0.05, 0) is 56.9 Å². The Hall–Kier alpha value is -1.61. The lowest BCUT2D eigenvalue weighted by molar-refractivity contribution is 0.774. The van der Waals surface area contributed by atoms with Crippen LogP contribution in [-0.2, 0) is 13.6 Å². The molecular formula is C16H23N3. The lowest BCUT2D eigenvalue weighted by Gasteiger charge is -2.14. The molecule has 2 N–H and O–H groups in total. The second kappa shape index (κ2) is 4.82. The minimum atomic E-state index is 0.472. The molecule has 1 aromatic carbocycles. The van der Waals surface area contributed by atoms with E-state index in [1.807, 2.05) is 7.05 Å². The molecule has 0 bridgehead atoms. The van der Waals surface area contributed by atoms with E-state index in [0.29, 0.717) is 6.54 Å². The third-order valence-corrected chi connectivity index (χ3v) is 4.26. The minimum absolute atomic E-state index is 0.472. The van der Waals surface area contributed by atoms with E-state index in [-0.39, 0.29) is 0 Å². The summed E-state index contributed by atoms with van der Waals surface area (Å²) in [5, 5.41) is 0. The highest BCUT2D eigenvalue weighted by atomic mass is 15.1. The maximum atomic E-state index is 5.76. The third kappa shape index (κ3) is 2.08. The number of hydrogen-bond acceptors (Lipinski definition) is 2. The van der Waals surface area contributed by atoms with Crippen molar-refractivity contribution < 1.29 is 0 Å². The molecule has 3 nitrogen and oxygen atoms in total. The number of benzene rings is 1. The van der Waals surface area contributed by atoms with Crippen molar-refractivity contribution >= 4 is 0 Å². The number of hydrogen-bond donors (Lipinski definition) is 1. The molecule has 0 spiro atoms. The van der Waals surface area contributed by atoms with Crippen molar-refractivity contribution in [2.75, 3.05) is 0 Å². The SMILES string of the molecule is Cc1cc(C)c(C)c(-c2nc(CN)n(C)c2C)c1C. The highest BCUT2D eigenvalue weighted by Crippen LogP contribution is 2.33. The first-order chi connectivity index (χ1) is 8.88. The summed E-state index contributed by atoms with van der Waals surface area (Å²) in [6, 6.07) is 2.25. The normalized spacial score (nSPS) is 11.1. The van der Waals surface area contributed by atoms with Gasteiger partial charge in [-0.25, -0.2) is 4.98 Å². The van der Waals surface area contributed by atoms with Crippen molar-refractivity contribution in [1.29, 1.82) is 0 Å². The molecule has 0 unspecified atom stereocenters. The highest BCUT2D eigenvalue weighted by molar-refractivity contribution is 5.72. The van der Waals surface area contributed by atoms with Gasteiger partial charge in [0, 0.05) is 18.3 Å². The fourth-order valence-electron chi connectivity index (χ4n) is 2.63. The molecule has 19 heavy (non-hydrogen) atoms. The monoisotopic (exact) mass is 257 g/mol. The van der Waals surface area contributed by atoms with Crippen molar-refractivity contribution in [3.05, 3.63) is 39.8 Å². The molecule has 0 fully saturated rings. The molecule has 1 aromatic heterocycles. The molecule has 102 valence electrons. The summed E-state index contributed by atoms with van der Waals surface area (Å²) in [6.07, 6.45) is 0. The summed E-state index contributed by atoms with van der Waals surface area (Å²) in [5.41, 5.74) is 14.5. The zero-order valence-corrected chi connectivity index (χ0v) is 12.8. The van der Waals surface area contributed by atoms with Gasteiger partial charge < -0.3 is 10.3 Å². The summed E-state index contributed by atoms with van der Waals surface area (Å²) in [4.78, 5) is 4.74. The third-order valence-electron chi connectivity index (χ3n) is 4.26. The van der Waals surface area contributed by atoms with Crippen molar-refractivity contribution in [2.24, 2.45) is 12.8 Å². The molecule has 0 saturated carbocycles. The van der Waals surface area contributed by atoms with Crippen LogP contribution in [0.15, 0.2) is 6.07 Å². The van der Waals surface area contributed by atoms with Crippen LogP contribution in [0, 0.1) is 34.6 Å². The van der Waals surface area contributed by atoms with Crippen LogP contribution in [0.25, 0.3) is 11.3 Å². The standard InChI is InChI=1S/C16H23N3/c1-9-7-10(2)12(4)15(11(9)3)16-13(5)19(6)14(8-17)18-16/h7H,8,17H2,1-6H3. The van der Waals surface area contributed by atoms with Crippen LogP contribution in [0.3, 0.4) is 0 Å². The van der Waals surface area contributed by atoms with Crippen molar-refractivity contribution in [3.8, 4) is 11.3 Å². The predicted molar refractivity (Wildman–Crippen MR) is 80.2 cm³/mol. The molecule has 0 saturated heterocycles. The van der Waals surface area contributed by atoms with Crippen molar-refractivity contribution in [1.82, 2.24) is 9.55 Å². The molecule has 2 aromatic rings. The summed E-state index contributed by atoms with van der Waals surface area (Å²) in [5.74, 6) is 0.936. The Kier molecular flexibility index (Phi) is 3.50. The maximum Gasteiger partial charge on any atom is 0.123 e. The van der Waals surface area contributed by atoms with Crippen LogP contribution in [0.5, 0.6) is 0 Å². The van der Waals surface area contributed by atoms with Crippen LogP contribution < -0.4 is 5.73 Å². The van der Waals surface area contributed by atoms with Crippen LogP contribution >= 0.6 is 0 Å². The first kappa shape index (κ1) is 13.8. The average molecular weight is 257 g/mol. The molecule has 0 radical (unpaired) electrons. The van der Waals surface area contributed by atoms with Gasteiger partial charge in [-0.1, -0.05) is 6.07 Å². The topological polar surface area (TPSA) is 43.8 Å². The number of aromatic nitrogens is 2. The Labute approximate surface area is 115 Å². The Balaban J connectivity index is 2.79. The molecule has 0 aliphatic heterocycles. The summed E-state index contributed by atoms with van der Waals surface area (Å²) in [6.45, 7) is 11.2. The van der Waals surface area contributed by atoms with E-state index in [9.17, 15) is 0 Å². The number of nitrogens with zero attached hydrogens (tertiary/aromatic N) is 2. The molecule has 0 atom stereocenters. The number of imidazole rings is 1. The van der Waals surface area contributed by atoms with Gasteiger partial charge in [-0.2, -0.15) is 0 Å². The smallest absolute Gasteiger partial charge is 0.123 e. The average Bonchev–Trinajstić information content (AvgIpc) is 2.65. The van der Waals surface area contributed by atoms with Gasteiger partial charge in [0.15, 0.2) is 0 Å². The Morgan fingerprint density at radius 1 is 1.05 bits per heavy atom. The summed E-state index contributed by atoms with van der Waals surface area (Å²) >= 11 is 0. The largest absolute Gasteiger partial charge is 0.334 e. The molecule has 3 heteroatoms. The number of nitrogens with two attached hydrogens (primary N) is 1. The first-order valence-corrected chi connectivity index (χ1v) is 6.68. The Morgan fingerprint density at radius 2 is 1.58 bits per heavy atom. The van der Waals surface area contributed by atoms with Crippen LogP contribution in [0.4, 0.5) is 0 Å². The molecule has 0 aliphatic rings. The predicted octanol–water partition coefficient (Wildman–Crippen LogP) is 3.09. The maximum absolute atomic E-state index is 5.76. The van der Waals surface area contributed by atoms with Crippen LogP contribution in [0.1, 0.15) is 33.8 Å². The van der Waals surface area contributed by atoms with Crippen LogP contribution in [0.2, 0.25) is 0 Å². The molecule has 2 rings (SSSR count). The summed E-state index contributed by atoms with van der Waals surface area (Å²) in [7, 11) is 2.03. The van der Waals surface area contributed by atoms with Crippen molar-refractivity contribution in [3.63, 3.8) is 0 Å². The van der Waals surface area contributed by atoms with Gasteiger partial charge in [0.2, 0.25) is 0 Å². The van der Waals surface area contributed by atoms with E-state index in [1.54, 1.807) is 0 Å². The second-order valence-electron chi connectivity index (χ2n) is 5.36. The fraction of sp³-hybridized carbons (Fsp3) is 0.438. The van der Waals surface area contributed by atoms with Gasteiger partial charge in [0.1, 0.15) is 5.82 Å². The molecule has 1 heterocycles. The lowest BCUT2D eigenvalue weighted by Crippen LogP contribution is -2.05. The number of aryl methyl sites for hydroxylation is 2.